The third kappa shape index (κ3) is 3.79. The minimum Gasteiger partial charge on any atom is -0.385 e. The maximum Gasteiger partial charge on any atom is 0.0406 e. The average Bonchev–Trinajstić information content (AvgIpc) is 2.34. The van der Waals surface area contributed by atoms with Crippen LogP contribution in [-0.4, -0.2) is 6.54 Å². The molecule has 88 valence electrons. The molecule has 0 fully saturated rings. The van der Waals surface area contributed by atoms with Gasteiger partial charge in [0.2, 0.25) is 0 Å². The van der Waals surface area contributed by atoms with Gasteiger partial charge < -0.3 is 5.32 Å². The molecule has 0 aromatic heterocycles. The van der Waals surface area contributed by atoms with Crippen LogP contribution >= 0.6 is 11.6 Å². The van der Waals surface area contributed by atoms with Crippen molar-refractivity contribution in [3.63, 3.8) is 0 Å². The molecule has 0 unspecified atom stereocenters. The molecule has 0 heterocycles. The lowest BCUT2D eigenvalue weighted by molar-refractivity contribution is 1.02. The maximum absolute atomic E-state index is 5.84. The number of anilines is 1. The van der Waals surface area contributed by atoms with Gasteiger partial charge in [-0.3, -0.25) is 0 Å². The van der Waals surface area contributed by atoms with Crippen LogP contribution in [0.25, 0.3) is 0 Å². The second kappa shape index (κ2) is 5.74. The number of aryl methyl sites for hydroxylation is 1. The third-order valence-corrected chi connectivity index (χ3v) is 2.96. The van der Waals surface area contributed by atoms with Gasteiger partial charge >= 0.3 is 0 Å². The molecule has 0 aliphatic rings. The molecule has 2 heteroatoms. The van der Waals surface area contributed by atoms with Gasteiger partial charge in [0.05, 0.1) is 0 Å². The summed E-state index contributed by atoms with van der Waals surface area (Å²) in [6.45, 7) is 3.03. The summed E-state index contributed by atoms with van der Waals surface area (Å²) in [5, 5.41) is 4.19. The van der Waals surface area contributed by atoms with Gasteiger partial charge in [-0.25, -0.2) is 0 Å². The van der Waals surface area contributed by atoms with Crippen molar-refractivity contribution in [2.24, 2.45) is 0 Å². The van der Waals surface area contributed by atoms with Crippen LogP contribution in [0.5, 0.6) is 0 Å². The summed E-state index contributed by atoms with van der Waals surface area (Å²) in [5.41, 5.74) is 3.76. The van der Waals surface area contributed by atoms with Crippen molar-refractivity contribution in [3.05, 3.63) is 64.7 Å². The first kappa shape index (κ1) is 12.0. The van der Waals surface area contributed by atoms with Crippen molar-refractivity contribution in [2.45, 2.75) is 13.3 Å². The van der Waals surface area contributed by atoms with Crippen LogP contribution in [0, 0.1) is 6.92 Å². The van der Waals surface area contributed by atoms with Gasteiger partial charge in [-0.2, -0.15) is 0 Å². The van der Waals surface area contributed by atoms with Gasteiger partial charge in [0.1, 0.15) is 0 Å². The van der Waals surface area contributed by atoms with E-state index in [9.17, 15) is 0 Å². The van der Waals surface area contributed by atoms with Gasteiger partial charge in [-0.1, -0.05) is 41.4 Å². The predicted octanol–water partition coefficient (Wildman–Crippen LogP) is 4.30. The fourth-order valence-electron chi connectivity index (χ4n) is 1.67. The van der Waals surface area contributed by atoms with E-state index in [2.05, 4.69) is 48.6 Å². The second-order valence-electron chi connectivity index (χ2n) is 4.17. The average molecular weight is 246 g/mol. The van der Waals surface area contributed by atoms with Crippen molar-refractivity contribution in [1.29, 1.82) is 0 Å². The smallest absolute Gasteiger partial charge is 0.0406 e. The molecular weight excluding hydrogens is 230 g/mol. The van der Waals surface area contributed by atoms with Crippen LogP contribution in [0.2, 0.25) is 5.02 Å². The molecule has 0 atom stereocenters. The molecular formula is C15H16ClN. The molecule has 2 aromatic rings. The molecule has 0 spiro atoms. The lowest BCUT2D eigenvalue weighted by Gasteiger charge is -2.06. The Balaban J connectivity index is 1.83. The zero-order valence-electron chi connectivity index (χ0n) is 9.91. The van der Waals surface area contributed by atoms with Crippen LogP contribution in [-0.2, 0) is 6.42 Å². The first-order valence-electron chi connectivity index (χ1n) is 5.79. The molecule has 0 aliphatic carbocycles. The molecule has 1 nitrogen and oxygen atoms in total. The molecule has 2 aromatic carbocycles. The van der Waals surface area contributed by atoms with Crippen LogP contribution in [0.3, 0.4) is 0 Å². The number of hydrogen-bond donors (Lipinski definition) is 1. The van der Waals surface area contributed by atoms with Crippen LogP contribution < -0.4 is 5.32 Å². The summed E-state index contributed by atoms with van der Waals surface area (Å²) in [6, 6.07) is 16.5. The standard InChI is InChI=1S/C15H16ClN/c1-12-2-8-15(9-3-12)17-11-10-13-4-6-14(16)7-5-13/h2-9,17H,10-11H2,1H3. The van der Waals surface area contributed by atoms with E-state index in [0.29, 0.717) is 0 Å². The summed E-state index contributed by atoms with van der Waals surface area (Å²) >= 11 is 5.84. The number of halogens is 1. The van der Waals surface area contributed by atoms with Gasteiger partial charge in [0, 0.05) is 17.3 Å². The van der Waals surface area contributed by atoms with Crippen molar-refractivity contribution >= 4 is 17.3 Å². The Labute approximate surface area is 107 Å². The van der Waals surface area contributed by atoms with E-state index in [-0.39, 0.29) is 0 Å². The molecule has 0 saturated carbocycles. The normalized spacial score (nSPS) is 10.2. The fourth-order valence-corrected chi connectivity index (χ4v) is 1.80. The van der Waals surface area contributed by atoms with E-state index in [1.54, 1.807) is 0 Å². The minimum absolute atomic E-state index is 0.792. The van der Waals surface area contributed by atoms with Gasteiger partial charge in [0.25, 0.3) is 0 Å². The Kier molecular flexibility index (Phi) is 4.05. The highest BCUT2D eigenvalue weighted by Crippen LogP contribution is 2.11. The van der Waals surface area contributed by atoms with Gasteiger partial charge in [-0.05, 0) is 43.2 Å². The molecule has 0 bridgehead atoms. The largest absolute Gasteiger partial charge is 0.385 e. The summed E-state index contributed by atoms with van der Waals surface area (Å²) in [7, 11) is 0. The highest BCUT2D eigenvalue weighted by molar-refractivity contribution is 6.30. The minimum atomic E-state index is 0.792. The fraction of sp³-hybridized carbons (Fsp3) is 0.200. The van der Waals surface area contributed by atoms with E-state index in [0.717, 1.165) is 18.0 Å². The van der Waals surface area contributed by atoms with Crippen molar-refractivity contribution in [2.75, 3.05) is 11.9 Å². The number of hydrogen-bond acceptors (Lipinski definition) is 1. The van der Waals surface area contributed by atoms with Gasteiger partial charge in [0.15, 0.2) is 0 Å². The Morgan fingerprint density at radius 3 is 2.24 bits per heavy atom. The Morgan fingerprint density at radius 1 is 0.941 bits per heavy atom. The summed E-state index contributed by atoms with van der Waals surface area (Å²) < 4.78 is 0. The lowest BCUT2D eigenvalue weighted by atomic mass is 10.1. The molecule has 0 radical (unpaired) electrons. The second-order valence-corrected chi connectivity index (χ2v) is 4.61. The highest BCUT2D eigenvalue weighted by atomic mass is 35.5. The highest BCUT2D eigenvalue weighted by Gasteiger charge is 1.94. The Morgan fingerprint density at radius 2 is 1.59 bits per heavy atom. The van der Waals surface area contributed by atoms with E-state index in [1.165, 1.54) is 16.8 Å². The van der Waals surface area contributed by atoms with Crippen molar-refractivity contribution < 1.29 is 0 Å². The molecule has 0 aliphatic heterocycles. The number of benzene rings is 2. The number of nitrogens with one attached hydrogen (secondary N) is 1. The molecule has 0 saturated heterocycles. The number of rotatable bonds is 4. The summed E-state index contributed by atoms with van der Waals surface area (Å²) in [4.78, 5) is 0. The van der Waals surface area contributed by atoms with Crippen LogP contribution in [0.4, 0.5) is 5.69 Å². The lowest BCUT2D eigenvalue weighted by Crippen LogP contribution is -2.04. The summed E-state index contributed by atoms with van der Waals surface area (Å²) in [5.74, 6) is 0. The van der Waals surface area contributed by atoms with Gasteiger partial charge in [-0.15, -0.1) is 0 Å². The monoisotopic (exact) mass is 245 g/mol. The Hall–Kier alpha value is -1.47. The quantitative estimate of drug-likeness (QED) is 0.847. The molecule has 1 N–H and O–H groups in total. The maximum atomic E-state index is 5.84. The molecule has 2 rings (SSSR count). The molecule has 0 amide bonds. The summed E-state index contributed by atoms with van der Waals surface area (Å²) in [6.07, 6.45) is 1.01. The Bertz CT molecular complexity index is 414. The van der Waals surface area contributed by atoms with Crippen molar-refractivity contribution in [3.8, 4) is 0 Å². The topological polar surface area (TPSA) is 12.0 Å². The third-order valence-electron chi connectivity index (χ3n) is 2.71. The zero-order valence-corrected chi connectivity index (χ0v) is 10.7. The predicted molar refractivity (Wildman–Crippen MR) is 74.8 cm³/mol. The van der Waals surface area contributed by atoms with Crippen LogP contribution in [0.15, 0.2) is 48.5 Å². The van der Waals surface area contributed by atoms with Crippen LogP contribution in [0.1, 0.15) is 11.1 Å². The van der Waals surface area contributed by atoms with E-state index >= 15 is 0 Å². The molecule has 17 heavy (non-hydrogen) atoms. The van der Waals surface area contributed by atoms with E-state index in [1.807, 2.05) is 12.1 Å². The SMILES string of the molecule is Cc1ccc(NCCc2ccc(Cl)cc2)cc1. The zero-order chi connectivity index (χ0) is 12.1. The van der Waals surface area contributed by atoms with E-state index in [4.69, 9.17) is 11.6 Å². The first-order chi connectivity index (χ1) is 8.24. The van der Waals surface area contributed by atoms with E-state index < -0.39 is 0 Å². The van der Waals surface area contributed by atoms with Crippen molar-refractivity contribution in [1.82, 2.24) is 0 Å². The first-order valence-corrected chi connectivity index (χ1v) is 6.17.